The van der Waals surface area contributed by atoms with Gasteiger partial charge in [0.2, 0.25) is 0 Å². The van der Waals surface area contributed by atoms with Gasteiger partial charge < -0.3 is 11.1 Å². The zero-order valence-corrected chi connectivity index (χ0v) is 8.31. The Hall–Kier alpha value is -1.51. The summed E-state index contributed by atoms with van der Waals surface area (Å²) in [4.78, 5) is 4.14. The molecule has 0 aromatic rings. The minimum Gasteiger partial charge on any atom is -0.369 e. The predicted octanol–water partition coefficient (Wildman–Crippen LogP) is 1.66. The van der Waals surface area contributed by atoms with Crippen molar-refractivity contribution in [3.05, 3.63) is 35.2 Å². The van der Waals surface area contributed by atoms with Crippen LogP contribution in [0.15, 0.2) is 40.2 Å². The molecule has 70 valence electrons. The average Bonchev–Trinajstić information content (AvgIpc) is 2.02. The summed E-state index contributed by atoms with van der Waals surface area (Å²) in [7, 11) is 0. The second-order valence-corrected chi connectivity index (χ2v) is 3.03. The van der Waals surface area contributed by atoms with E-state index in [1.807, 2.05) is 26.8 Å². The third-order valence-corrected chi connectivity index (χ3v) is 2.06. The van der Waals surface area contributed by atoms with Crippen LogP contribution in [-0.2, 0) is 0 Å². The van der Waals surface area contributed by atoms with Crippen LogP contribution in [0.2, 0.25) is 0 Å². The zero-order valence-electron chi connectivity index (χ0n) is 8.31. The maximum Gasteiger partial charge on any atom is 0.198 e. The third kappa shape index (κ3) is 1.80. The van der Waals surface area contributed by atoms with Crippen molar-refractivity contribution in [1.29, 1.82) is 0 Å². The second kappa shape index (κ2) is 3.47. The molecule has 0 saturated carbocycles. The summed E-state index contributed by atoms with van der Waals surface area (Å²) in [6.45, 7) is 9.85. The maximum atomic E-state index is 5.54. The fourth-order valence-electron chi connectivity index (χ4n) is 1.37. The van der Waals surface area contributed by atoms with E-state index in [9.17, 15) is 0 Å². The van der Waals surface area contributed by atoms with Crippen LogP contribution in [0.3, 0.4) is 0 Å². The molecule has 3 heteroatoms. The highest BCUT2D eigenvalue weighted by atomic mass is 15.1. The summed E-state index contributed by atoms with van der Waals surface area (Å²) in [5.41, 5.74) is 9.49. The predicted molar refractivity (Wildman–Crippen MR) is 56.0 cm³/mol. The van der Waals surface area contributed by atoms with Crippen molar-refractivity contribution in [3.63, 3.8) is 0 Å². The largest absolute Gasteiger partial charge is 0.369 e. The molecule has 0 spiro atoms. The number of rotatable bonds is 1. The monoisotopic (exact) mass is 177 g/mol. The molecule has 0 radical (unpaired) electrons. The van der Waals surface area contributed by atoms with E-state index >= 15 is 0 Å². The number of guanidine groups is 1. The Morgan fingerprint density at radius 3 is 2.69 bits per heavy atom. The molecule has 0 atom stereocenters. The number of hydrogen-bond donors (Lipinski definition) is 2. The van der Waals surface area contributed by atoms with Gasteiger partial charge in [-0.1, -0.05) is 12.7 Å². The molecule has 1 rings (SSSR count). The highest BCUT2D eigenvalue weighted by Crippen LogP contribution is 2.23. The number of nitrogens with one attached hydrogen (secondary N) is 1. The number of allylic oxidation sites excluding steroid dienone is 3. The van der Waals surface area contributed by atoms with E-state index in [0.717, 1.165) is 22.5 Å². The van der Waals surface area contributed by atoms with Crippen molar-refractivity contribution in [2.75, 3.05) is 0 Å². The zero-order chi connectivity index (χ0) is 10.0. The molecule has 0 saturated heterocycles. The van der Waals surface area contributed by atoms with Crippen LogP contribution in [0, 0.1) is 0 Å². The number of hydrogen-bond acceptors (Lipinski definition) is 3. The lowest BCUT2D eigenvalue weighted by Crippen LogP contribution is -2.34. The standard InChI is InChI=1S/C10H15N3/c1-5-6(2)9-7(3)12-10(11)13-8(9)4/h5H,3H2,1-2,4H3,(H3,11,12,13)/b6-5-. The van der Waals surface area contributed by atoms with Crippen molar-refractivity contribution in [2.24, 2.45) is 10.7 Å². The highest BCUT2D eigenvalue weighted by molar-refractivity contribution is 5.84. The minimum atomic E-state index is 0.412. The van der Waals surface area contributed by atoms with Crippen molar-refractivity contribution >= 4 is 5.96 Å². The van der Waals surface area contributed by atoms with E-state index in [2.05, 4.69) is 16.9 Å². The average molecular weight is 177 g/mol. The Morgan fingerprint density at radius 1 is 1.62 bits per heavy atom. The molecule has 3 N–H and O–H groups in total. The first-order chi connectivity index (χ1) is 6.06. The molecule has 0 amide bonds. The normalized spacial score (nSPS) is 18.5. The number of aliphatic imine (C=N–C) groups is 1. The van der Waals surface area contributed by atoms with Crippen molar-refractivity contribution in [1.82, 2.24) is 5.32 Å². The van der Waals surface area contributed by atoms with Crippen molar-refractivity contribution < 1.29 is 0 Å². The van der Waals surface area contributed by atoms with Gasteiger partial charge in [-0.15, -0.1) is 0 Å². The van der Waals surface area contributed by atoms with Crippen LogP contribution >= 0.6 is 0 Å². The molecule has 13 heavy (non-hydrogen) atoms. The molecule has 0 unspecified atom stereocenters. The summed E-state index contributed by atoms with van der Waals surface area (Å²) >= 11 is 0. The lowest BCUT2D eigenvalue weighted by atomic mass is 10.0. The van der Waals surface area contributed by atoms with Gasteiger partial charge in [-0.2, -0.15) is 0 Å². The molecule has 0 aromatic carbocycles. The maximum absolute atomic E-state index is 5.54. The molecule has 0 fully saturated rings. The molecule has 3 nitrogen and oxygen atoms in total. The molecular weight excluding hydrogens is 162 g/mol. The summed E-state index contributed by atoms with van der Waals surface area (Å²) in [5.74, 6) is 0.412. The summed E-state index contributed by atoms with van der Waals surface area (Å²) < 4.78 is 0. The first kappa shape index (κ1) is 9.58. The van der Waals surface area contributed by atoms with Crippen LogP contribution in [-0.4, -0.2) is 5.96 Å². The van der Waals surface area contributed by atoms with E-state index in [4.69, 9.17) is 5.73 Å². The van der Waals surface area contributed by atoms with E-state index in [1.165, 1.54) is 0 Å². The second-order valence-electron chi connectivity index (χ2n) is 3.03. The van der Waals surface area contributed by atoms with Gasteiger partial charge in [0, 0.05) is 11.3 Å². The third-order valence-electron chi connectivity index (χ3n) is 2.06. The molecule has 1 aliphatic rings. The Balaban J connectivity index is 3.19. The van der Waals surface area contributed by atoms with Gasteiger partial charge in [-0.05, 0) is 26.3 Å². The Bertz CT molecular complexity index is 332. The molecule has 1 heterocycles. The van der Waals surface area contributed by atoms with Gasteiger partial charge in [0.05, 0.1) is 5.70 Å². The Morgan fingerprint density at radius 2 is 2.23 bits per heavy atom. The van der Waals surface area contributed by atoms with Gasteiger partial charge in [0.15, 0.2) is 5.96 Å². The van der Waals surface area contributed by atoms with Crippen LogP contribution in [0.5, 0.6) is 0 Å². The summed E-state index contributed by atoms with van der Waals surface area (Å²) in [6.07, 6.45) is 2.03. The lowest BCUT2D eigenvalue weighted by Gasteiger charge is -2.19. The van der Waals surface area contributed by atoms with Gasteiger partial charge in [-0.3, -0.25) is 0 Å². The van der Waals surface area contributed by atoms with Crippen LogP contribution in [0.1, 0.15) is 20.8 Å². The number of nitrogens with zero attached hydrogens (tertiary/aromatic N) is 1. The van der Waals surface area contributed by atoms with Gasteiger partial charge in [0.25, 0.3) is 0 Å². The lowest BCUT2D eigenvalue weighted by molar-refractivity contribution is 1.02. The molecule has 0 aromatic heterocycles. The summed E-state index contributed by atoms with van der Waals surface area (Å²) in [5, 5.41) is 2.91. The van der Waals surface area contributed by atoms with Gasteiger partial charge in [-0.25, -0.2) is 4.99 Å². The molecule has 0 aliphatic carbocycles. The topological polar surface area (TPSA) is 50.4 Å². The first-order valence-corrected chi connectivity index (χ1v) is 4.21. The molecular formula is C10H15N3. The van der Waals surface area contributed by atoms with Gasteiger partial charge in [0.1, 0.15) is 0 Å². The van der Waals surface area contributed by atoms with E-state index < -0.39 is 0 Å². The van der Waals surface area contributed by atoms with E-state index in [1.54, 1.807) is 0 Å². The smallest absolute Gasteiger partial charge is 0.198 e. The van der Waals surface area contributed by atoms with Crippen LogP contribution in [0.25, 0.3) is 0 Å². The molecule has 1 aliphatic heterocycles. The van der Waals surface area contributed by atoms with E-state index in [0.29, 0.717) is 5.96 Å². The van der Waals surface area contributed by atoms with E-state index in [-0.39, 0.29) is 0 Å². The summed E-state index contributed by atoms with van der Waals surface area (Å²) in [6, 6.07) is 0. The number of nitrogens with two attached hydrogens (primary N) is 1. The fraction of sp³-hybridized carbons (Fsp3) is 0.300. The Labute approximate surface area is 78.7 Å². The SMILES string of the molecule is C=C1NC(N)=NC(C)=C1/C(C)=C\C. The van der Waals surface area contributed by atoms with Crippen LogP contribution < -0.4 is 11.1 Å². The quantitative estimate of drug-likeness (QED) is 0.640. The minimum absolute atomic E-state index is 0.412. The van der Waals surface area contributed by atoms with Crippen molar-refractivity contribution in [2.45, 2.75) is 20.8 Å². The Kier molecular flexibility index (Phi) is 2.56. The van der Waals surface area contributed by atoms with Crippen molar-refractivity contribution in [3.8, 4) is 0 Å². The highest BCUT2D eigenvalue weighted by Gasteiger charge is 2.14. The van der Waals surface area contributed by atoms with Crippen LogP contribution in [0.4, 0.5) is 0 Å². The first-order valence-electron chi connectivity index (χ1n) is 4.21. The molecule has 0 bridgehead atoms. The fourth-order valence-corrected chi connectivity index (χ4v) is 1.37. The van der Waals surface area contributed by atoms with Gasteiger partial charge >= 0.3 is 0 Å².